The van der Waals surface area contributed by atoms with Gasteiger partial charge in [-0.1, -0.05) is 44.2 Å². The van der Waals surface area contributed by atoms with E-state index >= 15 is 0 Å². The summed E-state index contributed by atoms with van der Waals surface area (Å²) in [5.74, 6) is -0.945. The van der Waals surface area contributed by atoms with Gasteiger partial charge in [0.2, 0.25) is 11.8 Å². The summed E-state index contributed by atoms with van der Waals surface area (Å²) in [5.41, 5.74) is 0.0310. The third-order valence-electron chi connectivity index (χ3n) is 3.76. The molecule has 3 N–H and O–H groups in total. The molecule has 0 heterocycles. The Morgan fingerprint density at radius 2 is 1.92 bits per heavy atom. The first-order valence-corrected chi connectivity index (χ1v) is 8.29. The van der Waals surface area contributed by atoms with Crippen LogP contribution in [-0.2, 0) is 16.1 Å². The summed E-state index contributed by atoms with van der Waals surface area (Å²) in [4.78, 5) is 25.4. The summed E-state index contributed by atoms with van der Waals surface area (Å²) in [6.07, 6.45) is -1.33. The van der Waals surface area contributed by atoms with E-state index in [0.29, 0.717) is 6.54 Å². The van der Waals surface area contributed by atoms with Crippen molar-refractivity contribution in [3.05, 3.63) is 35.9 Å². The average Bonchev–Trinajstić information content (AvgIpc) is 2.60. The van der Waals surface area contributed by atoms with Crippen molar-refractivity contribution in [1.82, 2.24) is 10.2 Å². The number of benzene rings is 1. The van der Waals surface area contributed by atoms with Crippen LogP contribution in [0.15, 0.2) is 30.3 Å². The molecule has 1 aromatic carbocycles. The standard InChI is InChI=1S/C17H25ClN2O4/c1-17(2,12-21)15(23)16(24)19-8-9-20(14(22)10-18)11-13-6-4-3-5-7-13/h3-7,15,21,23H,8-12H2,1-2H3,(H,19,24). The van der Waals surface area contributed by atoms with Crippen LogP contribution in [0, 0.1) is 5.41 Å². The lowest BCUT2D eigenvalue weighted by Gasteiger charge is -2.28. The number of amides is 2. The lowest BCUT2D eigenvalue weighted by molar-refractivity contribution is -0.137. The van der Waals surface area contributed by atoms with Gasteiger partial charge in [0, 0.05) is 25.0 Å². The van der Waals surface area contributed by atoms with Crippen molar-refractivity contribution >= 4 is 23.4 Å². The van der Waals surface area contributed by atoms with Crippen molar-refractivity contribution in [3.8, 4) is 0 Å². The van der Waals surface area contributed by atoms with E-state index in [-0.39, 0.29) is 31.5 Å². The number of rotatable bonds is 9. The molecule has 134 valence electrons. The lowest BCUT2D eigenvalue weighted by atomic mass is 9.87. The molecule has 24 heavy (non-hydrogen) atoms. The first-order chi connectivity index (χ1) is 11.3. The number of hydrogen-bond donors (Lipinski definition) is 3. The van der Waals surface area contributed by atoms with E-state index in [1.165, 1.54) is 0 Å². The van der Waals surface area contributed by atoms with Gasteiger partial charge in [-0.25, -0.2) is 0 Å². The van der Waals surface area contributed by atoms with Crippen molar-refractivity contribution in [1.29, 1.82) is 0 Å². The summed E-state index contributed by atoms with van der Waals surface area (Å²) >= 11 is 5.64. The molecule has 0 bridgehead atoms. The fourth-order valence-electron chi connectivity index (χ4n) is 2.03. The predicted octanol–water partition coefficient (Wildman–Crippen LogP) is 0.750. The van der Waals surface area contributed by atoms with E-state index < -0.39 is 17.4 Å². The molecular weight excluding hydrogens is 332 g/mol. The van der Waals surface area contributed by atoms with Gasteiger partial charge in [0.25, 0.3) is 0 Å². The van der Waals surface area contributed by atoms with Crippen LogP contribution in [0.1, 0.15) is 19.4 Å². The molecule has 1 unspecified atom stereocenters. The Bertz CT molecular complexity index is 537. The molecule has 1 atom stereocenters. The van der Waals surface area contributed by atoms with Crippen LogP contribution in [0.25, 0.3) is 0 Å². The fraction of sp³-hybridized carbons (Fsp3) is 0.529. The minimum absolute atomic E-state index is 0.138. The third-order valence-corrected chi connectivity index (χ3v) is 3.99. The van der Waals surface area contributed by atoms with Crippen LogP contribution in [0.2, 0.25) is 0 Å². The zero-order valence-corrected chi connectivity index (χ0v) is 14.8. The van der Waals surface area contributed by atoms with E-state index in [9.17, 15) is 19.8 Å². The van der Waals surface area contributed by atoms with E-state index in [1.54, 1.807) is 18.7 Å². The molecule has 0 saturated carbocycles. The van der Waals surface area contributed by atoms with E-state index in [4.69, 9.17) is 11.6 Å². The summed E-state index contributed by atoms with van der Waals surface area (Å²) in [5, 5.41) is 21.7. The number of carbonyl (C=O) groups is 2. The number of halogens is 1. The molecule has 0 aromatic heterocycles. The van der Waals surface area contributed by atoms with Crippen molar-refractivity contribution in [2.75, 3.05) is 25.6 Å². The molecule has 1 aromatic rings. The molecule has 0 aliphatic heterocycles. The number of nitrogens with one attached hydrogen (secondary N) is 1. The molecule has 0 radical (unpaired) electrons. The Morgan fingerprint density at radius 3 is 2.46 bits per heavy atom. The van der Waals surface area contributed by atoms with E-state index in [0.717, 1.165) is 5.56 Å². The van der Waals surface area contributed by atoms with Gasteiger partial charge in [0.15, 0.2) is 0 Å². The minimum atomic E-state index is -1.33. The van der Waals surface area contributed by atoms with Gasteiger partial charge in [-0.15, -0.1) is 11.6 Å². The highest BCUT2D eigenvalue weighted by Crippen LogP contribution is 2.19. The highest BCUT2D eigenvalue weighted by Gasteiger charge is 2.32. The molecule has 0 aliphatic rings. The second-order valence-electron chi connectivity index (χ2n) is 6.27. The fourth-order valence-corrected chi connectivity index (χ4v) is 2.20. The van der Waals surface area contributed by atoms with E-state index in [1.807, 2.05) is 30.3 Å². The first kappa shape index (κ1) is 20.4. The van der Waals surface area contributed by atoms with E-state index in [2.05, 4.69) is 5.32 Å². The second kappa shape index (κ2) is 9.61. The Labute approximate surface area is 147 Å². The van der Waals surface area contributed by atoms with Gasteiger partial charge in [-0.3, -0.25) is 9.59 Å². The monoisotopic (exact) mass is 356 g/mol. The van der Waals surface area contributed by atoms with Crippen molar-refractivity contribution in [2.45, 2.75) is 26.5 Å². The highest BCUT2D eigenvalue weighted by atomic mass is 35.5. The van der Waals surface area contributed by atoms with Crippen LogP contribution in [0.4, 0.5) is 0 Å². The van der Waals surface area contributed by atoms with Crippen LogP contribution in [-0.4, -0.2) is 58.6 Å². The number of alkyl halides is 1. The molecule has 7 heteroatoms. The van der Waals surface area contributed by atoms with Crippen LogP contribution < -0.4 is 5.32 Å². The normalized spacial score (nSPS) is 12.5. The maximum absolute atomic E-state index is 11.9. The maximum Gasteiger partial charge on any atom is 0.249 e. The summed E-state index contributed by atoms with van der Waals surface area (Å²) in [6.45, 7) is 3.73. The smallest absolute Gasteiger partial charge is 0.249 e. The Morgan fingerprint density at radius 1 is 1.29 bits per heavy atom. The molecule has 0 spiro atoms. The predicted molar refractivity (Wildman–Crippen MR) is 92.5 cm³/mol. The summed E-state index contributed by atoms with van der Waals surface area (Å²) in [7, 11) is 0. The van der Waals surface area contributed by atoms with Gasteiger partial charge in [-0.05, 0) is 5.56 Å². The Balaban J connectivity index is 2.57. The number of nitrogens with zero attached hydrogens (tertiary/aromatic N) is 1. The van der Waals surface area contributed by atoms with Gasteiger partial charge in [0.05, 0.1) is 6.61 Å². The van der Waals surface area contributed by atoms with Crippen LogP contribution in [0.5, 0.6) is 0 Å². The zero-order valence-electron chi connectivity index (χ0n) is 14.0. The summed E-state index contributed by atoms with van der Waals surface area (Å²) in [6, 6.07) is 9.46. The maximum atomic E-state index is 11.9. The first-order valence-electron chi connectivity index (χ1n) is 7.76. The third kappa shape index (κ3) is 6.11. The Hall–Kier alpha value is -1.63. The molecule has 0 aliphatic carbocycles. The Kier molecular flexibility index (Phi) is 8.18. The van der Waals surface area contributed by atoms with Gasteiger partial charge < -0.3 is 20.4 Å². The summed E-state index contributed by atoms with van der Waals surface area (Å²) < 4.78 is 0. The molecule has 0 fully saturated rings. The SMILES string of the molecule is CC(C)(CO)C(O)C(=O)NCCN(Cc1ccccc1)C(=O)CCl. The number of aliphatic hydroxyl groups excluding tert-OH is 2. The van der Waals surface area contributed by atoms with Gasteiger partial charge >= 0.3 is 0 Å². The molecule has 1 rings (SSSR count). The number of hydrogen-bond acceptors (Lipinski definition) is 4. The van der Waals surface area contributed by atoms with Crippen LogP contribution in [0.3, 0.4) is 0 Å². The zero-order chi connectivity index (χ0) is 18.2. The lowest BCUT2D eigenvalue weighted by Crippen LogP contribution is -2.47. The minimum Gasteiger partial charge on any atom is -0.396 e. The highest BCUT2D eigenvalue weighted by molar-refractivity contribution is 6.27. The van der Waals surface area contributed by atoms with Crippen molar-refractivity contribution in [2.24, 2.45) is 5.41 Å². The topological polar surface area (TPSA) is 89.9 Å². The molecule has 2 amide bonds. The van der Waals surface area contributed by atoms with Crippen molar-refractivity contribution < 1.29 is 19.8 Å². The van der Waals surface area contributed by atoms with Gasteiger partial charge in [0.1, 0.15) is 12.0 Å². The quantitative estimate of drug-likeness (QED) is 0.569. The average molecular weight is 357 g/mol. The molecular formula is C17H25ClN2O4. The largest absolute Gasteiger partial charge is 0.396 e. The molecule has 6 nitrogen and oxygen atoms in total. The van der Waals surface area contributed by atoms with Crippen molar-refractivity contribution in [3.63, 3.8) is 0 Å². The molecule has 0 saturated heterocycles. The number of aliphatic hydroxyl groups is 2. The number of carbonyl (C=O) groups excluding carboxylic acids is 2. The second-order valence-corrected chi connectivity index (χ2v) is 6.54. The van der Waals surface area contributed by atoms with Gasteiger partial charge in [-0.2, -0.15) is 0 Å². The van der Waals surface area contributed by atoms with Crippen LogP contribution >= 0.6 is 11.6 Å².